The minimum atomic E-state index is -0.635. The van der Waals surface area contributed by atoms with Gasteiger partial charge in [0.25, 0.3) is 5.69 Å². The summed E-state index contributed by atoms with van der Waals surface area (Å²) in [5.41, 5.74) is 0.808. The van der Waals surface area contributed by atoms with Gasteiger partial charge in [0.1, 0.15) is 6.10 Å². The Morgan fingerprint density at radius 1 is 1.08 bits per heavy atom. The van der Waals surface area contributed by atoms with Crippen molar-refractivity contribution in [3.63, 3.8) is 0 Å². The van der Waals surface area contributed by atoms with Gasteiger partial charge >= 0.3 is 5.97 Å². The molecule has 1 unspecified atom stereocenters. The summed E-state index contributed by atoms with van der Waals surface area (Å²) in [6, 6.07) is 10.8. The van der Waals surface area contributed by atoms with Gasteiger partial charge in [-0.25, -0.2) is 4.79 Å². The molecule has 7 nitrogen and oxygen atoms in total. The molecule has 0 heterocycles. The molecule has 2 aromatic carbocycles. The van der Waals surface area contributed by atoms with Gasteiger partial charge in [-0.05, 0) is 44.5 Å². The zero-order chi connectivity index (χ0) is 19.1. The molecule has 2 rings (SSSR count). The van der Waals surface area contributed by atoms with Crippen molar-refractivity contribution in [1.82, 2.24) is 0 Å². The SMILES string of the molecule is CCOc1ccc(C(=O)OC(C)c2cccc([N+](=O)[O-])c2)cc1OCC. The lowest BCUT2D eigenvalue weighted by molar-refractivity contribution is -0.385. The first-order valence-electron chi connectivity index (χ1n) is 8.31. The molecule has 0 bridgehead atoms. The lowest BCUT2D eigenvalue weighted by Crippen LogP contribution is -2.10. The summed E-state index contributed by atoms with van der Waals surface area (Å²) in [5.74, 6) is 0.470. The van der Waals surface area contributed by atoms with E-state index < -0.39 is 17.0 Å². The van der Waals surface area contributed by atoms with E-state index in [1.807, 2.05) is 13.8 Å². The molecule has 0 saturated carbocycles. The maximum Gasteiger partial charge on any atom is 0.338 e. The van der Waals surface area contributed by atoms with Crippen molar-refractivity contribution in [3.05, 3.63) is 63.7 Å². The highest BCUT2D eigenvalue weighted by Gasteiger charge is 2.18. The smallest absolute Gasteiger partial charge is 0.338 e. The Morgan fingerprint density at radius 2 is 1.77 bits per heavy atom. The van der Waals surface area contributed by atoms with Crippen LogP contribution in [0.3, 0.4) is 0 Å². The Labute approximate surface area is 151 Å². The van der Waals surface area contributed by atoms with Gasteiger partial charge in [-0.2, -0.15) is 0 Å². The largest absolute Gasteiger partial charge is 0.490 e. The van der Waals surface area contributed by atoms with Crippen LogP contribution in [-0.2, 0) is 4.74 Å². The second kappa shape index (κ2) is 8.84. The van der Waals surface area contributed by atoms with E-state index in [-0.39, 0.29) is 5.69 Å². The van der Waals surface area contributed by atoms with E-state index in [9.17, 15) is 14.9 Å². The number of rotatable bonds is 8. The quantitative estimate of drug-likeness (QED) is 0.396. The number of benzene rings is 2. The molecule has 0 spiro atoms. The summed E-state index contributed by atoms with van der Waals surface area (Å²) in [7, 11) is 0. The first-order valence-corrected chi connectivity index (χ1v) is 8.31. The standard InChI is InChI=1S/C19H21NO6/c1-4-24-17-10-9-15(12-18(17)25-5-2)19(21)26-13(3)14-7-6-8-16(11-14)20(22)23/h6-13H,4-5H2,1-3H3. The minimum absolute atomic E-state index is 0.0508. The van der Waals surface area contributed by atoms with Gasteiger partial charge in [0, 0.05) is 12.1 Å². The molecule has 0 aliphatic rings. The average Bonchev–Trinajstić information content (AvgIpc) is 2.63. The second-order valence-corrected chi connectivity index (χ2v) is 5.43. The topological polar surface area (TPSA) is 87.9 Å². The van der Waals surface area contributed by atoms with Crippen LogP contribution in [0.1, 0.15) is 42.8 Å². The van der Waals surface area contributed by atoms with Crippen molar-refractivity contribution >= 4 is 11.7 Å². The Morgan fingerprint density at radius 3 is 2.42 bits per heavy atom. The molecule has 0 amide bonds. The summed E-state index contributed by atoms with van der Waals surface area (Å²) in [4.78, 5) is 22.8. The molecule has 0 aliphatic heterocycles. The monoisotopic (exact) mass is 359 g/mol. The molecular formula is C19H21NO6. The zero-order valence-electron chi connectivity index (χ0n) is 14.9. The fourth-order valence-corrected chi connectivity index (χ4v) is 2.37. The zero-order valence-corrected chi connectivity index (χ0v) is 14.9. The van der Waals surface area contributed by atoms with Gasteiger partial charge in [-0.3, -0.25) is 10.1 Å². The molecule has 0 N–H and O–H groups in total. The minimum Gasteiger partial charge on any atom is -0.490 e. The highest BCUT2D eigenvalue weighted by Crippen LogP contribution is 2.30. The van der Waals surface area contributed by atoms with Crippen molar-refractivity contribution in [1.29, 1.82) is 0 Å². The Kier molecular flexibility index (Phi) is 6.54. The summed E-state index contributed by atoms with van der Waals surface area (Å²) in [6.07, 6.45) is -0.635. The van der Waals surface area contributed by atoms with Crippen molar-refractivity contribution in [3.8, 4) is 11.5 Å². The maximum atomic E-state index is 12.4. The number of esters is 1. The number of non-ortho nitro benzene ring substituents is 1. The van der Waals surface area contributed by atoms with Gasteiger partial charge < -0.3 is 14.2 Å². The van der Waals surface area contributed by atoms with E-state index >= 15 is 0 Å². The fourth-order valence-electron chi connectivity index (χ4n) is 2.37. The second-order valence-electron chi connectivity index (χ2n) is 5.43. The molecule has 0 aliphatic carbocycles. The Bertz CT molecular complexity index is 789. The van der Waals surface area contributed by atoms with Crippen LogP contribution in [0.15, 0.2) is 42.5 Å². The van der Waals surface area contributed by atoms with Gasteiger partial charge in [0.05, 0.1) is 23.7 Å². The van der Waals surface area contributed by atoms with E-state index in [0.29, 0.717) is 35.8 Å². The number of ether oxygens (including phenoxy) is 3. The molecule has 7 heteroatoms. The van der Waals surface area contributed by atoms with Crippen molar-refractivity contribution in [2.75, 3.05) is 13.2 Å². The van der Waals surface area contributed by atoms with Crippen LogP contribution in [-0.4, -0.2) is 24.1 Å². The van der Waals surface area contributed by atoms with E-state index in [0.717, 1.165) is 0 Å². The number of nitrogens with zero attached hydrogens (tertiary/aromatic N) is 1. The maximum absolute atomic E-state index is 12.4. The first kappa shape index (κ1) is 19.2. The third-order valence-electron chi connectivity index (χ3n) is 3.61. The van der Waals surface area contributed by atoms with Crippen molar-refractivity contribution in [2.24, 2.45) is 0 Å². The Hall–Kier alpha value is -3.09. The van der Waals surface area contributed by atoms with Gasteiger partial charge in [0.15, 0.2) is 11.5 Å². The fraction of sp³-hybridized carbons (Fsp3) is 0.316. The van der Waals surface area contributed by atoms with Gasteiger partial charge in [-0.1, -0.05) is 12.1 Å². The number of carbonyl (C=O) groups is 1. The summed E-state index contributed by atoms with van der Waals surface area (Å²) in [5, 5.41) is 10.9. The number of nitro benzene ring substituents is 1. The predicted octanol–water partition coefficient (Wildman–Crippen LogP) is 4.31. The molecule has 0 aromatic heterocycles. The highest BCUT2D eigenvalue weighted by molar-refractivity contribution is 5.90. The van der Waals surface area contributed by atoms with Crippen LogP contribution in [0.2, 0.25) is 0 Å². The molecule has 2 aromatic rings. The molecule has 0 fully saturated rings. The third-order valence-corrected chi connectivity index (χ3v) is 3.61. The first-order chi connectivity index (χ1) is 12.5. The van der Waals surface area contributed by atoms with Crippen LogP contribution >= 0.6 is 0 Å². The van der Waals surface area contributed by atoms with Crippen LogP contribution in [0.5, 0.6) is 11.5 Å². The van der Waals surface area contributed by atoms with Crippen LogP contribution in [0.25, 0.3) is 0 Å². The third kappa shape index (κ3) is 4.72. The lowest BCUT2D eigenvalue weighted by Gasteiger charge is -2.15. The van der Waals surface area contributed by atoms with Crippen LogP contribution in [0, 0.1) is 10.1 Å². The summed E-state index contributed by atoms with van der Waals surface area (Å²) < 4.78 is 16.4. The van der Waals surface area contributed by atoms with Crippen molar-refractivity contribution in [2.45, 2.75) is 26.9 Å². The lowest BCUT2D eigenvalue weighted by atomic mass is 10.1. The highest BCUT2D eigenvalue weighted by atomic mass is 16.6. The Balaban J connectivity index is 2.17. The molecule has 138 valence electrons. The molecule has 1 atom stereocenters. The van der Waals surface area contributed by atoms with Crippen LogP contribution < -0.4 is 9.47 Å². The number of nitro groups is 1. The van der Waals surface area contributed by atoms with Gasteiger partial charge in [0.2, 0.25) is 0 Å². The number of carbonyl (C=O) groups excluding carboxylic acids is 1. The molecule has 26 heavy (non-hydrogen) atoms. The van der Waals surface area contributed by atoms with E-state index in [1.54, 1.807) is 37.3 Å². The van der Waals surface area contributed by atoms with Gasteiger partial charge in [-0.15, -0.1) is 0 Å². The van der Waals surface area contributed by atoms with Crippen molar-refractivity contribution < 1.29 is 23.9 Å². The van der Waals surface area contributed by atoms with E-state index in [2.05, 4.69) is 0 Å². The number of hydrogen-bond donors (Lipinski definition) is 0. The average molecular weight is 359 g/mol. The molecule has 0 saturated heterocycles. The van der Waals surface area contributed by atoms with E-state index in [4.69, 9.17) is 14.2 Å². The normalized spacial score (nSPS) is 11.5. The summed E-state index contributed by atoms with van der Waals surface area (Å²) >= 11 is 0. The summed E-state index contributed by atoms with van der Waals surface area (Å²) in [6.45, 7) is 6.27. The van der Waals surface area contributed by atoms with Crippen LogP contribution in [0.4, 0.5) is 5.69 Å². The number of hydrogen-bond acceptors (Lipinski definition) is 6. The predicted molar refractivity (Wildman–Crippen MR) is 95.7 cm³/mol. The van der Waals surface area contributed by atoms with E-state index in [1.165, 1.54) is 12.1 Å². The molecule has 0 radical (unpaired) electrons. The molecular weight excluding hydrogens is 338 g/mol.